The Morgan fingerprint density at radius 1 is 1.12 bits per heavy atom. The lowest BCUT2D eigenvalue weighted by molar-refractivity contribution is -0.130. The minimum absolute atomic E-state index is 0.0454. The molecule has 0 saturated carbocycles. The molecule has 2 aromatic carbocycles. The fourth-order valence-corrected chi connectivity index (χ4v) is 2.60. The average molecular weight is 358 g/mol. The summed E-state index contributed by atoms with van der Waals surface area (Å²) in [6.45, 7) is 4.19. The molecular formula is C20H23FN2O3. The zero-order valence-corrected chi connectivity index (χ0v) is 15.2. The number of rotatable bonds is 7. The van der Waals surface area contributed by atoms with E-state index in [1.807, 2.05) is 19.1 Å². The molecule has 0 aliphatic heterocycles. The van der Waals surface area contributed by atoms with E-state index < -0.39 is 5.82 Å². The minimum atomic E-state index is -0.443. The SMILES string of the molecule is CCN(Cc1ccc(OC)c(F)c1)C(=O)Cc1ccc(NC(C)=O)cc1. The van der Waals surface area contributed by atoms with Gasteiger partial charge >= 0.3 is 0 Å². The monoisotopic (exact) mass is 358 g/mol. The molecule has 0 aliphatic carbocycles. The molecule has 2 rings (SSSR count). The first-order valence-electron chi connectivity index (χ1n) is 8.39. The van der Waals surface area contributed by atoms with E-state index in [1.165, 1.54) is 20.1 Å². The Labute approximate surface area is 152 Å². The van der Waals surface area contributed by atoms with E-state index in [4.69, 9.17) is 4.74 Å². The van der Waals surface area contributed by atoms with E-state index in [-0.39, 0.29) is 24.0 Å². The summed E-state index contributed by atoms with van der Waals surface area (Å²) in [5, 5.41) is 2.69. The molecule has 2 aromatic rings. The summed E-state index contributed by atoms with van der Waals surface area (Å²) in [6.07, 6.45) is 0.243. The normalized spacial score (nSPS) is 10.3. The number of likely N-dealkylation sites (N-methyl/N-ethyl adjacent to an activating group) is 1. The number of hydrogen-bond acceptors (Lipinski definition) is 3. The second-order valence-electron chi connectivity index (χ2n) is 5.93. The molecule has 0 bridgehead atoms. The summed E-state index contributed by atoms with van der Waals surface area (Å²) in [7, 11) is 1.41. The highest BCUT2D eigenvalue weighted by Gasteiger charge is 2.14. The number of methoxy groups -OCH3 is 1. The lowest BCUT2D eigenvalue weighted by atomic mass is 10.1. The van der Waals surface area contributed by atoms with Crippen LogP contribution >= 0.6 is 0 Å². The van der Waals surface area contributed by atoms with Gasteiger partial charge in [0.25, 0.3) is 0 Å². The van der Waals surface area contributed by atoms with Crippen LogP contribution in [0.1, 0.15) is 25.0 Å². The van der Waals surface area contributed by atoms with Gasteiger partial charge in [-0.2, -0.15) is 0 Å². The number of carbonyl (C=O) groups is 2. The smallest absolute Gasteiger partial charge is 0.227 e. The molecule has 0 spiro atoms. The Bertz CT molecular complexity index is 775. The van der Waals surface area contributed by atoms with Gasteiger partial charge in [0.2, 0.25) is 11.8 Å². The summed E-state index contributed by atoms with van der Waals surface area (Å²) in [6, 6.07) is 11.8. The first-order valence-corrected chi connectivity index (χ1v) is 8.39. The van der Waals surface area contributed by atoms with E-state index in [1.54, 1.807) is 29.2 Å². The number of hydrogen-bond donors (Lipinski definition) is 1. The highest BCUT2D eigenvalue weighted by molar-refractivity contribution is 5.88. The van der Waals surface area contributed by atoms with Gasteiger partial charge in [0.05, 0.1) is 13.5 Å². The van der Waals surface area contributed by atoms with Crippen molar-refractivity contribution >= 4 is 17.5 Å². The van der Waals surface area contributed by atoms with Crippen molar-refractivity contribution in [3.05, 3.63) is 59.4 Å². The fraction of sp³-hybridized carbons (Fsp3) is 0.300. The number of halogens is 1. The van der Waals surface area contributed by atoms with Crippen LogP contribution in [0.3, 0.4) is 0 Å². The van der Waals surface area contributed by atoms with Crippen molar-refractivity contribution in [3.8, 4) is 5.75 Å². The third-order valence-corrected chi connectivity index (χ3v) is 3.95. The molecule has 26 heavy (non-hydrogen) atoms. The van der Waals surface area contributed by atoms with Gasteiger partial charge in [-0.15, -0.1) is 0 Å². The molecule has 0 atom stereocenters. The molecule has 0 aliphatic rings. The van der Waals surface area contributed by atoms with E-state index in [2.05, 4.69) is 5.32 Å². The molecule has 5 nitrogen and oxygen atoms in total. The molecule has 1 N–H and O–H groups in total. The Kier molecular flexibility index (Phi) is 6.72. The fourth-order valence-electron chi connectivity index (χ4n) is 2.60. The molecule has 0 fully saturated rings. The largest absolute Gasteiger partial charge is 0.494 e. The first kappa shape index (κ1) is 19.4. The topological polar surface area (TPSA) is 58.6 Å². The van der Waals surface area contributed by atoms with Gasteiger partial charge in [-0.25, -0.2) is 4.39 Å². The van der Waals surface area contributed by atoms with Gasteiger partial charge in [-0.3, -0.25) is 9.59 Å². The molecule has 0 heterocycles. The van der Waals surface area contributed by atoms with Crippen LogP contribution in [0.4, 0.5) is 10.1 Å². The predicted molar refractivity (Wildman–Crippen MR) is 98.5 cm³/mol. The van der Waals surface area contributed by atoms with Crippen LogP contribution in [-0.2, 0) is 22.6 Å². The average Bonchev–Trinajstić information content (AvgIpc) is 2.61. The number of amides is 2. The highest BCUT2D eigenvalue weighted by atomic mass is 19.1. The van der Waals surface area contributed by atoms with E-state index in [0.717, 1.165) is 5.56 Å². The number of ether oxygens (including phenoxy) is 1. The maximum atomic E-state index is 13.8. The number of anilines is 1. The standard InChI is InChI=1S/C20H23FN2O3/c1-4-23(13-16-7-10-19(26-3)18(21)11-16)20(25)12-15-5-8-17(9-6-15)22-14(2)24/h5-11H,4,12-13H2,1-3H3,(H,22,24). The minimum Gasteiger partial charge on any atom is -0.494 e. The van der Waals surface area contributed by atoms with Gasteiger partial charge in [-0.1, -0.05) is 18.2 Å². The zero-order chi connectivity index (χ0) is 19.1. The summed E-state index contributed by atoms with van der Waals surface area (Å²) < 4.78 is 18.7. The Hall–Kier alpha value is -2.89. The van der Waals surface area contributed by atoms with Crippen molar-refractivity contribution < 1.29 is 18.7 Å². The van der Waals surface area contributed by atoms with Crippen molar-refractivity contribution in [2.45, 2.75) is 26.8 Å². The number of carbonyl (C=O) groups excluding carboxylic acids is 2. The highest BCUT2D eigenvalue weighted by Crippen LogP contribution is 2.19. The molecular weight excluding hydrogens is 335 g/mol. The third kappa shape index (κ3) is 5.31. The van der Waals surface area contributed by atoms with Crippen LogP contribution in [0.5, 0.6) is 5.75 Å². The quantitative estimate of drug-likeness (QED) is 0.825. The first-order chi connectivity index (χ1) is 12.4. The van der Waals surface area contributed by atoms with Crippen LogP contribution in [0.25, 0.3) is 0 Å². The van der Waals surface area contributed by atoms with Crippen molar-refractivity contribution in [2.24, 2.45) is 0 Å². The summed E-state index contributed by atoms with van der Waals surface area (Å²) >= 11 is 0. The van der Waals surface area contributed by atoms with Crippen LogP contribution < -0.4 is 10.1 Å². The lowest BCUT2D eigenvalue weighted by Gasteiger charge is -2.21. The Balaban J connectivity index is 2.01. The summed E-state index contributed by atoms with van der Waals surface area (Å²) in [5.74, 6) is -0.446. The van der Waals surface area contributed by atoms with E-state index in [0.29, 0.717) is 24.3 Å². The van der Waals surface area contributed by atoms with Crippen molar-refractivity contribution in [1.29, 1.82) is 0 Å². The summed E-state index contributed by atoms with van der Waals surface area (Å²) in [4.78, 5) is 25.3. The van der Waals surface area contributed by atoms with E-state index >= 15 is 0 Å². The molecule has 2 amide bonds. The van der Waals surface area contributed by atoms with E-state index in [9.17, 15) is 14.0 Å². The van der Waals surface area contributed by atoms with Crippen LogP contribution in [0.15, 0.2) is 42.5 Å². The molecule has 0 saturated heterocycles. The van der Waals surface area contributed by atoms with Crippen LogP contribution in [-0.4, -0.2) is 30.4 Å². The molecule has 6 heteroatoms. The van der Waals surface area contributed by atoms with Gasteiger partial charge in [0.15, 0.2) is 11.6 Å². The second-order valence-corrected chi connectivity index (χ2v) is 5.93. The van der Waals surface area contributed by atoms with Gasteiger partial charge in [0, 0.05) is 25.7 Å². The lowest BCUT2D eigenvalue weighted by Crippen LogP contribution is -2.31. The zero-order valence-electron chi connectivity index (χ0n) is 15.2. The van der Waals surface area contributed by atoms with Gasteiger partial charge in [-0.05, 0) is 42.3 Å². The van der Waals surface area contributed by atoms with Crippen LogP contribution in [0.2, 0.25) is 0 Å². The Morgan fingerprint density at radius 3 is 2.31 bits per heavy atom. The number of nitrogens with one attached hydrogen (secondary N) is 1. The Morgan fingerprint density at radius 2 is 1.77 bits per heavy atom. The maximum absolute atomic E-state index is 13.8. The second kappa shape index (κ2) is 8.99. The summed E-state index contributed by atoms with van der Waals surface area (Å²) in [5.41, 5.74) is 2.25. The molecule has 0 unspecified atom stereocenters. The van der Waals surface area contributed by atoms with Crippen molar-refractivity contribution in [3.63, 3.8) is 0 Å². The van der Waals surface area contributed by atoms with Gasteiger partial charge in [0.1, 0.15) is 0 Å². The number of benzene rings is 2. The molecule has 0 radical (unpaired) electrons. The van der Waals surface area contributed by atoms with Crippen LogP contribution in [0, 0.1) is 5.82 Å². The predicted octanol–water partition coefficient (Wildman–Crippen LogP) is 3.38. The van der Waals surface area contributed by atoms with Gasteiger partial charge < -0.3 is 15.0 Å². The molecule has 138 valence electrons. The maximum Gasteiger partial charge on any atom is 0.227 e. The van der Waals surface area contributed by atoms with Crippen molar-refractivity contribution in [2.75, 3.05) is 19.0 Å². The molecule has 0 aromatic heterocycles. The number of nitrogens with zero attached hydrogens (tertiary/aromatic N) is 1. The third-order valence-electron chi connectivity index (χ3n) is 3.95. The van der Waals surface area contributed by atoms with Crippen molar-refractivity contribution in [1.82, 2.24) is 4.90 Å².